The van der Waals surface area contributed by atoms with Crippen molar-refractivity contribution in [2.24, 2.45) is 0 Å². The Bertz CT molecular complexity index is 705. The number of benzene rings is 1. The SMILES string of the molecule is Cc1noc(C)c1CN(C)S(=O)(=O)c1ccccc1Br. The number of nitrogens with zero attached hydrogens (tertiary/aromatic N) is 2. The first kappa shape index (κ1) is 15.2. The maximum atomic E-state index is 12.5. The summed E-state index contributed by atoms with van der Waals surface area (Å²) >= 11 is 3.27. The van der Waals surface area contributed by atoms with E-state index in [2.05, 4.69) is 21.1 Å². The molecule has 7 heteroatoms. The van der Waals surface area contributed by atoms with Crippen molar-refractivity contribution < 1.29 is 12.9 Å². The highest BCUT2D eigenvalue weighted by Crippen LogP contribution is 2.25. The van der Waals surface area contributed by atoms with E-state index in [0.29, 0.717) is 15.9 Å². The number of rotatable bonds is 4. The lowest BCUT2D eigenvalue weighted by molar-refractivity contribution is 0.390. The summed E-state index contributed by atoms with van der Waals surface area (Å²) in [6.07, 6.45) is 0. The molecule has 20 heavy (non-hydrogen) atoms. The minimum Gasteiger partial charge on any atom is -0.361 e. The third-order valence-electron chi connectivity index (χ3n) is 3.09. The number of halogens is 1. The minimum absolute atomic E-state index is 0.227. The first-order valence-electron chi connectivity index (χ1n) is 5.96. The largest absolute Gasteiger partial charge is 0.361 e. The third-order valence-corrected chi connectivity index (χ3v) is 5.90. The highest BCUT2D eigenvalue weighted by Gasteiger charge is 2.25. The molecule has 5 nitrogen and oxygen atoms in total. The molecule has 108 valence electrons. The second-order valence-electron chi connectivity index (χ2n) is 4.49. The van der Waals surface area contributed by atoms with E-state index in [1.165, 1.54) is 4.31 Å². The molecular formula is C13H15BrN2O3S. The Balaban J connectivity index is 2.34. The van der Waals surface area contributed by atoms with Crippen LogP contribution >= 0.6 is 15.9 Å². The number of sulfonamides is 1. The Morgan fingerprint density at radius 1 is 1.30 bits per heavy atom. The van der Waals surface area contributed by atoms with E-state index in [0.717, 1.165) is 5.56 Å². The molecule has 0 aliphatic carbocycles. The lowest BCUT2D eigenvalue weighted by atomic mass is 10.2. The first-order chi connectivity index (χ1) is 9.34. The second-order valence-corrected chi connectivity index (χ2v) is 7.36. The molecule has 0 radical (unpaired) electrons. The molecule has 1 aromatic carbocycles. The third kappa shape index (κ3) is 2.79. The van der Waals surface area contributed by atoms with E-state index in [1.807, 2.05) is 0 Å². The molecule has 0 N–H and O–H groups in total. The van der Waals surface area contributed by atoms with Gasteiger partial charge in [-0.3, -0.25) is 0 Å². The lowest BCUT2D eigenvalue weighted by Crippen LogP contribution is -2.27. The van der Waals surface area contributed by atoms with Crippen LogP contribution in [0.1, 0.15) is 17.0 Å². The summed E-state index contributed by atoms with van der Waals surface area (Å²) in [4.78, 5) is 0.245. The second kappa shape index (κ2) is 5.67. The molecule has 1 aromatic heterocycles. The topological polar surface area (TPSA) is 63.4 Å². The van der Waals surface area contributed by atoms with Gasteiger partial charge in [0.05, 0.1) is 10.6 Å². The van der Waals surface area contributed by atoms with Crippen molar-refractivity contribution in [2.75, 3.05) is 7.05 Å². The molecule has 1 heterocycles. The van der Waals surface area contributed by atoms with Crippen LogP contribution in [0.15, 0.2) is 38.2 Å². The summed E-state index contributed by atoms with van der Waals surface area (Å²) in [5, 5.41) is 3.84. The molecule has 2 rings (SSSR count). The van der Waals surface area contributed by atoms with Gasteiger partial charge in [0.1, 0.15) is 5.76 Å². The van der Waals surface area contributed by atoms with Crippen LogP contribution in [0.4, 0.5) is 0 Å². The highest BCUT2D eigenvalue weighted by atomic mass is 79.9. The summed E-state index contributed by atoms with van der Waals surface area (Å²) in [5.74, 6) is 0.636. The summed E-state index contributed by atoms with van der Waals surface area (Å²) < 4.78 is 32.0. The van der Waals surface area contributed by atoms with Crippen LogP contribution < -0.4 is 0 Å². The van der Waals surface area contributed by atoms with Crippen molar-refractivity contribution in [3.63, 3.8) is 0 Å². The van der Waals surface area contributed by atoms with Gasteiger partial charge in [-0.2, -0.15) is 4.31 Å². The maximum Gasteiger partial charge on any atom is 0.244 e. The fraction of sp³-hybridized carbons (Fsp3) is 0.308. The molecule has 0 saturated carbocycles. The Labute approximate surface area is 126 Å². The van der Waals surface area contributed by atoms with Gasteiger partial charge in [-0.1, -0.05) is 17.3 Å². The molecule has 0 spiro atoms. The quantitative estimate of drug-likeness (QED) is 0.842. The van der Waals surface area contributed by atoms with Crippen molar-refractivity contribution >= 4 is 26.0 Å². The van der Waals surface area contributed by atoms with Crippen molar-refractivity contribution in [2.45, 2.75) is 25.3 Å². The smallest absolute Gasteiger partial charge is 0.244 e. The Hall–Kier alpha value is -1.18. The number of aromatic nitrogens is 1. The molecule has 2 aromatic rings. The zero-order valence-electron chi connectivity index (χ0n) is 11.4. The van der Waals surface area contributed by atoms with Gasteiger partial charge in [-0.05, 0) is 41.9 Å². The summed E-state index contributed by atoms with van der Waals surface area (Å²) in [6.45, 7) is 3.80. The Morgan fingerprint density at radius 2 is 1.95 bits per heavy atom. The van der Waals surface area contributed by atoms with Crippen LogP contribution in [0.2, 0.25) is 0 Å². The minimum atomic E-state index is -3.56. The van der Waals surface area contributed by atoms with Crippen LogP contribution in [-0.4, -0.2) is 24.9 Å². The van der Waals surface area contributed by atoms with Gasteiger partial charge in [-0.25, -0.2) is 8.42 Å². The molecule has 0 saturated heterocycles. The van der Waals surface area contributed by atoms with E-state index < -0.39 is 10.0 Å². The van der Waals surface area contributed by atoms with Gasteiger partial charge in [0.15, 0.2) is 0 Å². The zero-order chi connectivity index (χ0) is 14.9. The average Bonchev–Trinajstić information content (AvgIpc) is 2.70. The molecule has 0 atom stereocenters. The van der Waals surface area contributed by atoms with Gasteiger partial charge >= 0.3 is 0 Å². The van der Waals surface area contributed by atoms with E-state index in [4.69, 9.17) is 4.52 Å². The standard InChI is InChI=1S/C13H15BrN2O3S/c1-9-11(10(2)19-15-9)8-16(3)20(17,18)13-7-5-4-6-12(13)14/h4-7H,8H2,1-3H3. The summed E-state index contributed by atoms with van der Waals surface area (Å²) in [5.41, 5.74) is 1.50. The van der Waals surface area contributed by atoms with E-state index in [9.17, 15) is 8.42 Å². The Kier molecular flexibility index (Phi) is 4.31. The molecular weight excluding hydrogens is 344 g/mol. The van der Waals surface area contributed by atoms with Crippen LogP contribution in [0.25, 0.3) is 0 Å². The van der Waals surface area contributed by atoms with Gasteiger partial charge in [0, 0.05) is 23.6 Å². The van der Waals surface area contributed by atoms with Crippen LogP contribution in [-0.2, 0) is 16.6 Å². The Morgan fingerprint density at radius 3 is 2.50 bits per heavy atom. The number of hydrogen-bond donors (Lipinski definition) is 0. The predicted octanol–water partition coefficient (Wildman–Crippen LogP) is 2.87. The van der Waals surface area contributed by atoms with Crippen LogP contribution in [0, 0.1) is 13.8 Å². The maximum absolute atomic E-state index is 12.5. The van der Waals surface area contributed by atoms with Gasteiger partial charge in [0.25, 0.3) is 0 Å². The molecule has 0 fully saturated rings. The average molecular weight is 359 g/mol. The van der Waals surface area contributed by atoms with E-state index in [1.54, 1.807) is 45.2 Å². The fourth-order valence-electron chi connectivity index (χ4n) is 1.86. The van der Waals surface area contributed by atoms with Crippen LogP contribution in [0.5, 0.6) is 0 Å². The summed E-state index contributed by atoms with van der Waals surface area (Å²) in [7, 11) is -2.02. The van der Waals surface area contributed by atoms with Crippen molar-refractivity contribution in [3.8, 4) is 0 Å². The highest BCUT2D eigenvalue weighted by molar-refractivity contribution is 9.10. The zero-order valence-corrected chi connectivity index (χ0v) is 13.8. The number of hydrogen-bond acceptors (Lipinski definition) is 4. The van der Waals surface area contributed by atoms with E-state index >= 15 is 0 Å². The van der Waals surface area contributed by atoms with Crippen LogP contribution in [0.3, 0.4) is 0 Å². The molecule has 0 unspecified atom stereocenters. The predicted molar refractivity (Wildman–Crippen MR) is 78.8 cm³/mol. The molecule has 0 aliphatic heterocycles. The van der Waals surface area contributed by atoms with Gasteiger partial charge in [0.2, 0.25) is 10.0 Å². The fourth-order valence-corrected chi connectivity index (χ4v) is 3.96. The lowest BCUT2D eigenvalue weighted by Gasteiger charge is -2.17. The first-order valence-corrected chi connectivity index (χ1v) is 8.20. The van der Waals surface area contributed by atoms with E-state index in [-0.39, 0.29) is 11.4 Å². The van der Waals surface area contributed by atoms with Crippen molar-refractivity contribution in [1.82, 2.24) is 9.46 Å². The molecule has 0 amide bonds. The number of aryl methyl sites for hydroxylation is 2. The normalized spacial score (nSPS) is 12.1. The monoisotopic (exact) mass is 358 g/mol. The molecule has 0 aliphatic rings. The van der Waals surface area contributed by atoms with Crippen molar-refractivity contribution in [1.29, 1.82) is 0 Å². The van der Waals surface area contributed by atoms with Gasteiger partial charge in [-0.15, -0.1) is 0 Å². The molecule has 0 bridgehead atoms. The van der Waals surface area contributed by atoms with Gasteiger partial charge < -0.3 is 4.52 Å². The van der Waals surface area contributed by atoms with Crippen molar-refractivity contribution in [3.05, 3.63) is 45.8 Å². The summed E-state index contributed by atoms with van der Waals surface area (Å²) in [6, 6.07) is 6.75.